The summed E-state index contributed by atoms with van der Waals surface area (Å²) in [5.74, 6) is 1.12. The molecule has 0 saturated carbocycles. The fraction of sp³-hybridized carbons (Fsp3) is 0.956. The number of ether oxygens (including phenoxy) is 4. The Kier molecular flexibility index (Phi) is 78.1. The second-order valence-corrected chi connectivity index (χ2v) is 37.0. The highest BCUT2D eigenvalue weighted by Crippen LogP contribution is 2.45. The van der Waals surface area contributed by atoms with Crippen molar-refractivity contribution in [1.82, 2.24) is 0 Å². The number of hydrogen-bond acceptors (Lipinski definition) is 15. The second-order valence-electron chi connectivity index (χ2n) is 34.1. The number of aliphatic hydroxyl groups is 1. The van der Waals surface area contributed by atoms with Crippen molar-refractivity contribution in [3.8, 4) is 0 Å². The van der Waals surface area contributed by atoms with Crippen molar-refractivity contribution in [2.45, 2.75) is 497 Å². The third-order valence-electron chi connectivity index (χ3n) is 22.0. The molecule has 0 aromatic rings. The van der Waals surface area contributed by atoms with Crippen LogP contribution in [0.4, 0.5) is 0 Å². The van der Waals surface area contributed by atoms with E-state index >= 15 is 0 Å². The summed E-state index contributed by atoms with van der Waals surface area (Å²) in [6, 6.07) is 0. The third kappa shape index (κ3) is 81.2. The fourth-order valence-corrected chi connectivity index (χ4v) is 15.7. The van der Waals surface area contributed by atoms with E-state index in [4.69, 9.17) is 37.0 Å². The van der Waals surface area contributed by atoms with E-state index in [1.54, 1.807) is 0 Å². The largest absolute Gasteiger partial charge is 0.472 e. The van der Waals surface area contributed by atoms with Crippen molar-refractivity contribution in [3.63, 3.8) is 0 Å². The van der Waals surface area contributed by atoms with Crippen LogP contribution in [0.15, 0.2) is 0 Å². The maximum absolute atomic E-state index is 13.2. The molecular formula is C91H178O17P2. The molecule has 0 aliphatic rings. The van der Waals surface area contributed by atoms with Crippen molar-refractivity contribution < 1.29 is 80.2 Å². The smallest absolute Gasteiger partial charge is 0.462 e. The van der Waals surface area contributed by atoms with Gasteiger partial charge < -0.3 is 33.8 Å². The van der Waals surface area contributed by atoms with E-state index in [1.165, 1.54) is 276 Å². The van der Waals surface area contributed by atoms with Crippen LogP contribution >= 0.6 is 15.6 Å². The maximum atomic E-state index is 13.2. The van der Waals surface area contributed by atoms with Crippen LogP contribution < -0.4 is 0 Å². The van der Waals surface area contributed by atoms with E-state index in [0.29, 0.717) is 25.7 Å². The molecule has 0 spiro atoms. The molecule has 7 atom stereocenters. The van der Waals surface area contributed by atoms with Gasteiger partial charge in [0.05, 0.1) is 26.4 Å². The number of carbonyl (C=O) groups excluding carboxylic acids is 4. The van der Waals surface area contributed by atoms with Gasteiger partial charge in [-0.15, -0.1) is 0 Å². The van der Waals surface area contributed by atoms with Crippen molar-refractivity contribution in [2.24, 2.45) is 23.7 Å². The van der Waals surface area contributed by atoms with Gasteiger partial charge in [0.1, 0.15) is 19.3 Å². The van der Waals surface area contributed by atoms with Gasteiger partial charge in [-0.05, 0) is 49.4 Å². The number of phosphoric ester groups is 2. The minimum atomic E-state index is -4.97. The summed E-state index contributed by atoms with van der Waals surface area (Å²) >= 11 is 0. The topological polar surface area (TPSA) is 237 Å². The van der Waals surface area contributed by atoms with Gasteiger partial charge in [0.2, 0.25) is 0 Å². The number of hydrogen-bond donors (Lipinski definition) is 3. The Labute approximate surface area is 677 Å². The molecule has 0 bridgehead atoms. The maximum Gasteiger partial charge on any atom is 0.472 e. The van der Waals surface area contributed by atoms with Gasteiger partial charge in [0.15, 0.2) is 12.2 Å². The van der Waals surface area contributed by atoms with Gasteiger partial charge >= 0.3 is 39.5 Å². The lowest BCUT2D eigenvalue weighted by Crippen LogP contribution is -2.30. The SMILES string of the molecule is CCC(C)CCCCCCCCCCCCCCCCCCCCC(=O)O[C@H](COC(=O)CCCCCCCCCCCCCCCCCCCCC(C)C)COP(=O)(O)OC[C@@H](O)COP(=O)(O)OC[C@@H](COC(=O)CCCCCCCCC(C)CC)OC(=O)CCCCCCCCCCCCCCCCC(C)C. The number of rotatable bonds is 88. The molecule has 0 saturated heterocycles. The lowest BCUT2D eigenvalue weighted by molar-refractivity contribution is -0.161. The first-order valence-corrected chi connectivity index (χ1v) is 49.8. The van der Waals surface area contributed by atoms with Gasteiger partial charge in [0.25, 0.3) is 0 Å². The van der Waals surface area contributed by atoms with Gasteiger partial charge in [-0.2, -0.15) is 0 Å². The highest BCUT2D eigenvalue weighted by molar-refractivity contribution is 7.47. The van der Waals surface area contributed by atoms with Crippen LogP contribution in [0.1, 0.15) is 479 Å². The molecule has 0 amide bonds. The summed E-state index contributed by atoms with van der Waals surface area (Å²) < 4.78 is 69.0. The van der Waals surface area contributed by atoms with Crippen LogP contribution in [0, 0.1) is 23.7 Å². The second kappa shape index (κ2) is 79.5. The molecule has 0 aliphatic heterocycles. The zero-order valence-electron chi connectivity index (χ0n) is 72.9. The van der Waals surface area contributed by atoms with Crippen LogP contribution in [0.25, 0.3) is 0 Å². The van der Waals surface area contributed by atoms with E-state index in [1.807, 2.05) is 0 Å². The van der Waals surface area contributed by atoms with Crippen LogP contribution in [0.3, 0.4) is 0 Å². The molecule has 110 heavy (non-hydrogen) atoms. The quantitative estimate of drug-likeness (QED) is 0.0222. The lowest BCUT2D eigenvalue weighted by Gasteiger charge is -2.21. The minimum absolute atomic E-state index is 0.107. The van der Waals surface area contributed by atoms with Crippen LogP contribution in [0.5, 0.6) is 0 Å². The average molecular weight is 1610 g/mol. The summed E-state index contributed by atoms with van der Waals surface area (Å²) in [5, 5.41) is 10.7. The van der Waals surface area contributed by atoms with Crippen molar-refractivity contribution in [1.29, 1.82) is 0 Å². The first kappa shape index (κ1) is 108. The van der Waals surface area contributed by atoms with E-state index in [9.17, 15) is 43.2 Å². The first-order chi connectivity index (χ1) is 53.2. The monoisotopic (exact) mass is 1610 g/mol. The molecule has 0 heterocycles. The van der Waals surface area contributed by atoms with Crippen LogP contribution in [-0.2, 0) is 65.4 Å². The van der Waals surface area contributed by atoms with Crippen molar-refractivity contribution >= 4 is 39.5 Å². The van der Waals surface area contributed by atoms with E-state index in [0.717, 1.165) is 120 Å². The Balaban J connectivity index is 5.22. The van der Waals surface area contributed by atoms with Gasteiger partial charge in [0, 0.05) is 25.7 Å². The molecule has 17 nitrogen and oxygen atoms in total. The molecule has 0 aliphatic carbocycles. The van der Waals surface area contributed by atoms with Gasteiger partial charge in [-0.1, -0.05) is 428 Å². The van der Waals surface area contributed by atoms with Gasteiger partial charge in [-0.25, -0.2) is 9.13 Å². The molecule has 3 N–H and O–H groups in total. The van der Waals surface area contributed by atoms with E-state index in [-0.39, 0.29) is 25.7 Å². The Bertz CT molecular complexity index is 2130. The lowest BCUT2D eigenvalue weighted by atomic mass is 9.99. The molecule has 0 rings (SSSR count). The predicted octanol–water partition coefficient (Wildman–Crippen LogP) is 27.9. The van der Waals surface area contributed by atoms with E-state index in [2.05, 4.69) is 55.4 Å². The van der Waals surface area contributed by atoms with Crippen molar-refractivity contribution in [2.75, 3.05) is 39.6 Å². The molecule has 0 fully saturated rings. The summed E-state index contributed by atoms with van der Waals surface area (Å²) in [6.07, 6.45) is 70.9. The normalized spacial score (nSPS) is 14.3. The fourth-order valence-electron chi connectivity index (χ4n) is 14.1. The predicted molar refractivity (Wildman–Crippen MR) is 455 cm³/mol. The van der Waals surface area contributed by atoms with Gasteiger partial charge in [-0.3, -0.25) is 37.3 Å². The molecule has 19 heteroatoms. The standard InChI is InChI=1S/C91H178O17P2/c1-9-83(7)69-61-53-45-39-33-27-20-16-12-14-18-22-29-35-41-47-57-65-73-90(95)107-86(77-101-88(93)71-63-55-46-40-34-28-21-17-13-11-15-19-25-31-37-43-51-59-67-81(3)4)79-105-109(97,98)103-75-85(92)76-104-110(99,100)106-80-87(78-102-89(94)72-64-56-50-49-54-62-70-84(8)10-2)108-91(96)74-66-58-48-42-36-30-24-23-26-32-38-44-52-60-68-82(5)6/h81-87,92H,9-80H2,1-8H3,(H,97,98)(H,99,100)/t83?,84?,85-,86-,87-/m1/s1. The van der Waals surface area contributed by atoms with Crippen LogP contribution in [0.2, 0.25) is 0 Å². The summed E-state index contributed by atoms with van der Waals surface area (Å²) in [5.41, 5.74) is 0. The molecule has 0 aromatic carbocycles. The zero-order valence-corrected chi connectivity index (χ0v) is 74.7. The summed E-state index contributed by atoms with van der Waals surface area (Å²) in [6.45, 7) is 14.4. The highest BCUT2D eigenvalue weighted by Gasteiger charge is 2.31. The molecule has 4 unspecified atom stereocenters. The highest BCUT2D eigenvalue weighted by atomic mass is 31.2. The Morgan fingerprint density at radius 3 is 0.645 bits per heavy atom. The molecule has 0 aromatic heterocycles. The number of carbonyl (C=O) groups is 4. The summed E-state index contributed by atoms with van der Waals surface area (Å²) in [7, 11) is -9.94. The average Bonchev–Trinajstić information content (AvgIpc) is 0.893. The zero-order chi connectivity index (χ0) is 80.9. The number of unbranched alkanes of at least 4 members (excludes halogenated alkanes) is 52. The Hall–Kier alpha value is -1.94. The Morgan fingerprint density at radius 1 is 0.255 bits per heavy atom. The molecule has 654 valence electrons. The third-order valence-corrected chi connectivity index (χ3v) is 23.9. The number of phosphoric acid groups is 2. The Morgan fingerprint density at radius 2 is 0.436 bits per heavy atom. The number of esters is 4. The van der Waals surface area contributed by atoms with Crippen LogP contribution in [-0.4, -0.2) is 96.7 Å². The number of aliphatic hydroxyl groups excluding tert-OH is 1. The molecule has 0 radical (unpaired) electrons. The minimum Gasteiger partial charge on any atom is -0.462 e. The van der Waals surface area contributed by atoms with Crippen molar-refractivity contribution in [3.05, 3.63) is 0 Å². The summed E-state index contributed by atoms with van der Waals surface area (Å²) in [4.78, 5) is 73.4. The van der Waals surface area contributed by atoms with E-state index < -0.39 is 97.5 Å². The first-order valence-electron chi connectivity index (χ1n) is 46.8. The molecular weight excluding hydrogens is 1430 g/mol.